The molecule has 4 aromatic heterocycles. The maximum Gasteiger partial charge on any atom is 0.243 e. The van der Waals surface area contributed by atoms with E-state index in [-0.39, 0.29) is 33.7 Å². The Morgan fingerprint density at radius 3 is 1.49 bits per heavy atom. The van der Waals surface area contributed by atoms with Crippen molar-refractivity contribution >= 4 is 82.1 Å². The third-order valence-corrected chi connectivity index (χ3v) is 17.9. The van der Waals surface area contributed by atoms with Crippen molar-refractivity contribution in [3.63, 3.8) is 0 Å². The molecule has 2 aliphatic rings. The molecule has 10 rings (SSSR count). The van der Waals surface area contributed by atoms with Gasteiger partial charge in [0.05, 0.1) is 37.0 Å². The number of fused-ring (bicyclic) bond motifs is 2. The van der Waals surface area contributed by atoms with Crippen molar-refractivity contribution in [1.82, 2.24) is 47.6 Å². The number of sulfonamides is 2. The van der Waals surface area contributed by atoms with Crippen LogP contribution in [-0.2, 0) is 29.6 Å². The van der Waals surface area contributed by atoms with Gasteiger partial charge in [0, 0.05) is 107 Å². The normalized spacial score (nSPS) is 16.3. The minimum atomic E-state index is -3.67. The standard InChI is InChI=1S/C26H27BrN6O3S.C26H28N6O3S/c1-17-25(27)26-29-23(19-7-5-4-6-8-19)15-24(33(26)30-17)28-20-9-11-22(12-10-20)37(35,36)32-14-13-21(16-32)31(3)18(2)34;1-18-15-25-28-24(20-7-5-4-6-8-20)16-26(32(25)29-18)27-21-9-11-23(12-10-21)36(34,35)31-14-13-22(17-31)30(3)19(2)33/h4-12,15,21,28H,13-14,16H2,1-3H3;4-12,15-16,22,27H,13-14,17H2,1-3H3. The first-order valence-corrected chi connectivity index (χ1v) is 27.3. The molecule has 0 bridgehead atoms. The molecule has 2 atom stereocenters. The van der Waals surface area contributed by atoms with Crippen molar-refractivity contribution < 1.29 is 26.4 Å². The van der Waals surface area contributed by atoms with Gasteiger partial charge in [-0.15, -0.1) is 0 Å². The molecule has 73 heavy (non-hydrogen) atoms. The summed E-state index contributed by atoms with van der Waals surface area (Å²) < 4.78 is 60.0. The van der Waals surface area contributed by atoms with Crippen molar-refractivity contribution in [3.8, 4) is 22.5 Å². The van der Waals surface area contributed by atoms with Crippen LogP contribution in [0.5, 0.6) is 0 Å². The van der Waals surface area contributed by atoms with Crippen molar-refractivity contribution in [2.24, 2.45) is 0 Å². The number of halogens is 1. The Hall–Kier alpha value is -7.04. The van der Waals surface area contributed by atoms with Crippen LogP contribution in [0.2, 0.25) is 0 Å². The summed E-state index contributed by atoms with van der Waals surface area (Å²) >= 11 is 3.59. The maximum atomic E-state index is 13.2. The fourth-order valence-corrected chi connectivity index (χ4v) is 12.2. The summed E-state index contributed by atoms with van der Waals surface area (Å²) in [5.41, 5.74) is 8.04. The second-order valence-corrected chi connectivity index (χ2v) is 22.8. The average molecular weight is 1090 g/mol. The number of hydrogen-bond donors (Lipinski definition) is 2. The van der Waals surface area contributed by atoms with Gasteiger partial charge in [0.15, 0.2) is 11.3 Å². The van der Waals surface area contributed by atoms with E-state index in [0.29, 0.717) is 56.2 Å². The summed E-state index contributed by atoms with van der Waals surface area (Å²) in [5.74, 6) is 1.28. The molecule has 2 N–H and O–H groups in total. The third kappa shape index (κ3) is 10.7. The third-order valence-electron chi connectivity index (χ3n) is 13.3. The molecule has 8 aromatic rings. The zero-order valence-corrected chi connectivity index (χ0v) is 44.4. The van der Waals surface area contributed by atoms with Gasteiger partial charge in [-0.25, -0.2) is 26.8 Å². The highest BCUT2D eigenvalue weighted by molar-refractivity contribution is 9.10. The molecule has 378 valence electrons. The lowest BCUT2D eigenvalue weighted by molar-refractivity contribution is -0.130. The molecular weight excluding hydrogens is 1030 g/mol. The van der Waals surface area contributed by atoms with Crippen molar-refractivity contribution in [2.75, 3.05) is 50.9 Å². The summed E-state index contributed by atoms with van der Waals surface area (Å²) in [6.07, 6.45) is 1.25. The van der Waals surface area contributed by atoms with Gasteiger partial charge in [-0.1, -0.05) is 60.7 Å². The molecule has 21 heteroatoms. The van der Waals surface area contributed by atoms with E-state index in [2.05, 4.69) is 36.8 Å². The number of carbonyl (C=O) groups excluding carboxylic acids is 2. The van der Waals surface area contributed by atoms with Gasteiger partial charge in [-0.05, 0) is 91.1 Å². The average Bonchev–Trinajstić information content (AvgIpc) is 4.22. The first-order valence-electron chi connectivity index (χ1n) is 23.6. The minimum absolute atomic E-state index is 0.0670. The van der Waals surface area contributed by atoms with E-state index in [9.17, 15) is 26.4 Å². The van der Waals surface area contributed by atoms with Crippen LogP contribution in [0.4, 0.5) is 23.0 Å². The van der Waals surface area contributed by atoms with E-state index >= 15 is 0 Å². The van der Waals surface area contributed by atoms with Gasteiger partial charge in [0.2, 0.25) is 31.9 Å². The SMILES string of the molecule is CC(=O)N(C)C1CCN(S(=O)(=O)c2ccc(Nc3cc(-c4ccccc4)nc4c(Br)c(C)nn34)cc2)C1.CC(=O)N(C)C1CCN(S(=O)(=O)c2ccc(Nc3cc(-c4ccccc4)nc4cc(C)nn34)cc2)C1. The lowest BCUT2D eigenvalue weighted by atomic mass is 10.1. The van der Waals surface area contributed by atoms with Crippen LogP contribution in [0.1, 0.15) is 38.1 Å². The Kier molecular flexibility index (Phi) is 14.5. The first kappa shape index (κ1) is 50.9. The van der Waals surface area contributed by atoms with Gasteiger partial charge in [0.1, 0.15) is 11.6 Å². The number of nitrogens with one attached hydrogen (secondary N) is 2. The highest BCUT2D eigenvalue weighted by Gasteiger charge is 2.36. The van der Waals surface area contributed by atoms with Gasteiger partial charge in [-0.2, -0.15) is 27.8 Å². The number of amides is 2. The minimum Gasteiger partial charge on any atom is -0.342 e. The van der Waals surface area contributed by atoms with Crippen LogP contribution in [0.3, 0.4) is 0 Å². The second kappa shape index (κ2) is 20.8. The Morgan fingerprint density at radius 1 is 0.603 bits per heavy atom. The summed E-state index contributed by atoms with van der Waals surface area (Å²) in [6.45, 7) is 8.17. The lowest BCUT2D eigenvalue weighted by Crippen LogP contribution is -2.38. The molecule has 0 radical (unpaired) electrons. The number of aryl methyl sites for hydroxylation is 2. The number of anilines is 4. The van der Waals surface area contributed by atoms with E-state index in [4.69, 9.17) is 9.97 Å². The van der Waals surface area contributed by atoms with E-state index in [1.165, 1.54) is 22.5 Å². The fourth-order valence-electron chi connectivity index (χ4n) is 8.90. The molecule has 0 aliphatic carbocycles. The smallest absolute Gasteiger partial charge is 0.243 e. The predicted octanol–water partition coefficient (Wildman–Crippen LogP) is 8.14. The lowest BCUT2D eigenvalue weighted by Gasteiger charge is -2.23. The van der Waals surface area contributed by atoms with Crippen LogP contribution in [0.15, 0.2) is 142 Å². The number of aromatic nitrogens is 6. The van der Waals surface area contributed by atoms with Crippen LogP contribution in [-0.4, -0.2) is 129 Å². The van der Waals surface area contributed by atoms with E-state index in [1.54, 1.807) is 81.5 Å². The molecule has 2 fully saturated rings. The predicted molar refractivity (Wildman–Crippen MR) is 285 cm³/mol. The van der Waals surface area contributed by atoms with Crippen LogP contribution >= 0.6 is 15.9 Å². The molecule has 4 aromatic carbocycles. The number of hydrogen-bond acceptors (Lipinski definition) is 12. The molecule has 0 spiro atoms. The molecule has 0 saturated carbocycles. The second-order valence-electron chi connectivity index (χ2n) is 18.1. The van der Waals surface area contributed by atoms with E-state index in [1.807, 2.05) is 92.7 Å². The monoisotopic (exact) mass is 1090 g/mol. The summed E-state index contributed by atoms with van der Waals surface area (Å²) in [7, 11) is -3.90. The van der Waals surface area contributed by atoms with Gasteiger partial charge >= 0.3 is 0 Å². The fraction of sp³-hybridized carbons (Fsp3) is 0.269. The molecule has 2 unspecified atom stereocenters. The van der Waals surface area contributed by atoms with E-state index < -0.39 is 20.0 Å². The maximum absolute atomic E-state index is 13.2. The number of carbonyl (C=O) groups is 2. The Morgan fingerprint density at radius 2 is 1.04 bits per heavy atom. The largest absolute Gasteiger partial charge is 0.342 e. The zero-order chi connectivity index (χ0) is 51.8. The van der Waals surface area contributed by atoms with Crippen molar-refractivity contribution in [1.29, 1.82) is 0 Å². The van der Waals surface area contributed by atoms with Crippen LogP contribution in [0.25, 0.3) is 33.8 Å². The van der Waals surface area contributed by atoms with Crippen molar-refractivity contribution in [2.45, 2.75) is 62.4 Å². The summed E-state index contributed by atoms with van der Waals surface area (Å²) in [5, 5.41) is 15.9. The molecular formula is C52H55BrN12O6S2. The van der Waals surface area contributed by atoms with Crippen LogP contribution in [0, 0.1) is 13.8 Å². The van der Waals surface area contributed by atoms with E-state index in [0.717, 1.165) is 55.5 Å². The molecule has 6 heterocycles. The van der Waals surface area contributed by atoms with Gasteiger partial charge in [0.25, 0.3) is 0 Å². The van der Waals surface area contributed by atoms with Gasteiger partial charge < -0.3 is 20.4 Å². The number of nitrogens with zero attached hydrogens (tertiary/aromatic N) is 10. The van der Waals surface area contributed by atoms with Crippen molar-refractivity contribution in [3.05, 3.63) is 143 Å². The highest BCUT2D eigenvalue weighted by atomic mass is 79.9. The zero-order valence-electron chi connectivity index (χ0n) is 41.1. The highest BCUT2D eigenvalue weighted by Crippen LogP contribution is 2.32. The molecule has 2 saturated heterocycles. The molecule has 2 amide bonds. The summed E-state index contributed by atoms with van der Waals surface area (Å²) in [4.78, 5) is 36.5. The molecule has 18 nitrogen and oxygen atoms in total. The Balaban J connectivity index is 0.000000180. The Labute approximate surface area is 432 Å². The Bertz CT molecular complexity index is 3560. The van der Waals surface area contributed by atoms with Crippen LogP contribution < -0.4 is 10.6 Å². The first-order chi connectivity index (χ1) is 34.9. The van der Waals surface area contributed by atoms with Gasteiger partial charge in [-0.3, -0.25) is 9.59 Å². The quantitative estimate of drug-likeness (QED) is 0.119. The molecule has 2 aliphatic heterocycles. The summed E-state index contributed by atoms with van der Waals surface area (Å²) in [6, 6.07) is 38.7. The number of likely N-dealkylation sites (N-methyl/N-ethyl adjacent to an activating group) is 2. The topological polar surface area (TPSA) is 200 Å². The number of benzene rings is 4. The number of rotatable bonds is 12.